The van der Waals surface area contributed by atoms with Gasteiger partial charge in [0.05, 0.1) is 17.4 Å². The number of rotatable bonds is 6. The van der Waals surface area contributed by atoms with Gasteiger partial charge in [0.1, 0.15) is 11.9 Å². The fourth-order valence-corrected chi connectivity index (χ4v) is 1.69. The van der Waals surface area contributed by atoms with Crippen molar-refractivity contribution in [1.29, 1.82) is 5.26 Å². The molecule has 0 aliphatic rings. The second-order valence-electron chi connectivity index (χ2n) is 4.32. The molecule has 0 saturated heterocycles. The molecule has 0 aliphatic heterocycles. The Morgan fingerprint density at radius 1 is 1.53 bits per heavy atom. The van der Waals surface area contributed by atoms with Crippen molar-refractivity contribution in [3.63, 3.8) is 0 Å². The Bertz CT molecular complexity index is 395. The van der Waals surface area contributed by atoms with E-state index in [1.165, 1.54) is 19.3 Å². The van der Waals surface area contributed by atoms with Gasteiger partial charge in [-0.05, 0) is 19.4 Å². The number of aromatic nitrogens is 1. The number of unbranched alkanes of at least 4 members (excludes halogenated alkanes) is 2. The number of nitrogens with zero attached hydrogens (tertiary/aromatic N) is 2. The molecule has 0 radical (unpaired) electrons. The van der Waals surface area contributed by atoms with Crippen LogP contribution in [0.2, 0.25) is 0 Å². The summed E-state index contributed by atoms with van der Waals surface area (Å²) in [6.45, 7) is 4.29. The summed E-state index contributed by atoms with van der Waals surface area (Å²) in [7, 11) is 0. The monoisotopic (exact) mass is 232 g/mol. The van der Waals surface area contributed by atoms with Gasteiger partial charge in [0.25, 0.3) is 0 Å². The highest BCUT2D eigenvalue weighted by Crippen LogP contribution is 2.16. The van der Waals surface area contributed by atoms with Crippen LogP contribution in [0.15, 0.2) is 12.3 Å². The topological polar surface area (TPSA) is 74.7 Å². The number of nitriles is 1. The molecular formula is C13H20N4. The summed E-state index contributed by atoms with van der Waals surface area (Å²) in [4.78, 5) is 4.16. The quantitative estimate of drug-likeness (QED) is 0.739. The van der Waals surface area contributed by atoms with Crippen molar-refractivity contribution in [2.45, 2.75) is 45.6 Å². The van der Waals surface area contributed by atoms with E-state index in [0.29, 0.717) is 23.1 Å². The third-order valence-corrected chi connectivity index (χ3v) is 2.65. The van der Waals surface area contributed by atoms with Gasteiger partial charge in [-0.2, -0.15) is 5.26 Å². The molecule has 0 bridgehead atoms. The first-order valence-electron chi connectivity index (χ1n) is 6.09. The van der Waals surface area contributed by atoms with Gasteiger partial charge in [0, 0.05) is 6.04 Å². The van der Waals surface area contributed by atoms with E-state index in [1.807, 2.05) is 0 Å². The summed E-state index contributed by atoms with van der Waals surface area (Å²) in [6, 6.07) is 4.07. The molecule has 3 N–H and O–H groups in total. The highest BCUT2D eigenvalue weighted by Gasteiger charge is 2.07. The second kappa shape index (κ2) is 6.74. The van der Waals surface area contributed by atoms with Crippen molar-refractivity contribution >= 4 is 11.5 Å². The third kappa shape index (κ3) is 4.31. The van der Waals surface area contributed by atoms with Gasteiger partial charge in [-0.25, -0.2) is 4.98 Å². The Balaban J connectivity index is 2.59. The average Bonchev–Trinajstić information content (AvgIpc) is 2.32. The van der Waals surface area contributed by atoms with Gasteiger partial charge in [0.2, 0.25) is 0 Å². The first-order valence-corrected chi connectivity index (χ1v) is 6.09. The van der Waals surface area contributed by atoms with Crippen molar-refractivity contribution in [2.24, 2.45) is 0 Å². The molecule has 0 fully saturated rings. The summed E-state index contributed by atoms with van der Waals surface area (Å²) in [5.41, 5.74) is 6.62. The molecule has 0 aromatic carbocycles. The Morgan fingerprint density at radius 3 is 2.94 bits per heavy atom. The van der Waals surface area contributed by atoms with Crippen LogP contribution in [0.3, 0.4) is 0 Å². The van der Waals surface area contributed by atoms with Gasteiger partial charge >= 0.3 is 0 Å². The van der Waals surface area contributed by atoms with E-state index in [0.717, 1.165) is 6.42 Å². The molecule has 1 aromatic heterocycles. The van der Waals surface area contributed by atoms with Crippen LogP contribution >= 0.6 is 0 Å². The largest absolute Gasteiger partial charge is 0.397 e. The number of pyridine rings is 1. The Labute approximate surface area is 103 Å². The lowest BCUT2D eigenvalue weighted by atomic mass is 10.1. The van der Waals surface area contributed by atoms with E-state index in [2.05, 4.69) is 30.2 Å². The predicted molar refractivity (Wildman–Crippen MR) is 70.6 cm³/mol. The minimum absolute atomic E-state index is 0.324. The van der Waals surface area contributed by atoms with Gasteiger partial charge in [-0.3, -0.25) is 0 Å². The molecule has 0 aliphatic carbocycles. The fraction of sp³-hybridized carbons (Fsp3) is 0.538. The molecule has 1 heterocycles. The molecule has 0 saturated carbocycles. The summed E-state index contributed by atoms with van der Waals surface area (Å²) >= 11 is 0. The minimum Gasteiger partial charge on any atom is -0.397 e. The van der Waals surface area contributed by atoms with Gasteiger partial charge < -0.3 is 11.1 Å². The number of nitrogens with one attached hydrogen (secondary N) is 1. The standard InChI is InChI=1S/C13H20N4/c1-3-4-5-6-10(2)17-13-11(8-14)7-12(15)9-16-13/h7,9-10H,3-6,15H2,1-2H3,(H,16,17). The lowest BCUT2D eigenvalue weighted by molar-refractivity contribution is 0.613. The Morgan fingerprint density at radius 2 is 2.29 bits per heavy atom. The van der Waals surface area contributed by atoms with Crippen LogP contribution in [0.5, 0.6) is 0 Å². The summed E-state index contributed by atoms with van der Waals surface area (Å²) in [5, 5.41) is 12.2. The van der Waals surface area contributed by atoms with Crippen molar-refractivity contribution in [1.82, 2.24) is 4.98 Å². The van der Waals surface area contributed by atoms with E-state index >= 15 is 0 Å². The first-order chi connectivity index (χ1) is 8.17. The van der Waals surface area contributed by atoms with Crippen LogP contribution < -0.4 is 11.1 Å². The molecule has 0 spiro atoms. The molecule has 1 atom stereocenters. The van der Waals surface area contributed by atoms with Crippen LogP contribution in [0.25, 0.3) is 0 Å². The van der Waals surface area contributed by atoms with Crippen molar-refractivity contribution in [2.75, 3.05) is 11.1 Å². The molecule has 0 amide bonds. The highest BCUT2D eigenvalue weighted by molar-refractivity contribution is 5.57. The first kappa shape index (κ1) is 13.3. The van der Waals surface area contributed by atoms with Crippen LogP contribution in [-0.4, -0.2) is 11.0 Å². The SMILES string of the molecule is CCCCCC(C)Nc1ncc(N)cc1C#N. The smallest absolute Gasteiger partial charge is 0.144 e. The summed E-state index contributed by atoms with van der Waals surface area (Å²) in [5.74, 6) is 0.630. The number of anilines is 2. The zero-order valence-electron chi connectivity index (χ0n) is 10.5. The number of nitrogen functional groups attached to an aromatic ring is 1. The summed E-state index contributed by atoms with van der Waals surface area (Å²) in [6.07, 6.45) is 6.32. The molecule has 17 heavy (non-hydrogen) atoms. The maximum absolute atomic E-state index is 8.98. The van der Waals surface area contributed by atoms with Crippen LogP contribution in [-0.2, 0) is 0 Å². The molecule has 4 nitrogen and oxygen atoms in total. The van der Waals surface area contributed by atoms with Crippen molar-refractivity contribution in [3.8, 4) is 6.07 Å². The third-order valence-electron chi connectivity index (χ3n) is 2.65. The van der Waals surface area contributed by atoms with E-state index in [1.54, 1.807) is 12.3 Å². The highest BCUT2D eigenvalue weighted by atomic mass is 15.0. The van der Waals surface area contributed by atoms with E-state index in [4.69, 9.17) is 11.0 Å². The van der Waals surface area contributed by atoms with Gasteiger partial charge in [-0.1, -0.05) is 26.2 Å². The van der Waals surface area contributed by atoms with Gasteiger partial charge in [-0.15, -0.1) is 0 Å². The summed E-state index contributed by atoms with van der Waals surface area (Å²) < 4.78 is 0. The second-order valence-corrected chi connectivity index (χ2v) is 4.32. The fourth-order valence-electron chi connectivity index (χ4n) is 1.69. The molecular weight excluding hydrogens is 212 g/mol. The molecule has 1 unspecified atom stereocenters. The Hall–Kier alpha value is -1.76. The maximum Gasteiger partial charge on any atom is 0.144 e. The predicted octanol–water partition coefficient (Wildman–Crippen LogP) is 2.92. The zero-order chi connectivity index (χ0) is 12.7. The van der Waals surface area contributed by atoms with E-state index < -0.39 is 0 Å². The number of hydrogen-bond acceptors (Lipinski definition) is 4. The average molecular weight is 232 g/mol. The molecule has 1 aromatic rings. The number of hydrogen-bond donors (Lipinski definition) is 2. The maximum atomic E-state index is 8.98. The molecule has 1 rings (SSSR count). The number of nitrogens with two attached hydrogens (primary N) is 1. The lowest BCUT2D eigenvalue weighted by Gasteiger charge is -2.15. The van der Waals surface area contributed by atoms with Crippen LogP contribution in [0.4, 0.5) is 11.5 Å². The zero-order valence-corrected chi connectivity index (χ0v) is 10.5. The molecule has 92 valence electrons. The van der Waals surface area contributed by atoms with Gasteiger partial charge in [0.15, 0.2) is 0 Å². The normalized spacial score (nSPS) is 11.8. The Kier molecular flexibility index (Phi) is 5.28. The van der Waals surface area contributed by atoms with Crippen molar-refractivity contribution < 1.29 is 0 Å². The van der Waals surface area contributed by atoms with Crippen molar-refractivity contribution in [3.05, 3.63) is 17.8 Å². The van der Waals surface area contributed by atoms with Crippen LogP contribution in [0, 0.1) is 11.3 Å². The lowest BCUT2D eigenvalue weighted by Crippen LogP contribution is -2.16. The molecule has 4 heteroatoms. The van der Waals surface area contributed by atoms with E-state index in [9.17, 15) is 0 Å². The van der Waals surface area contributed by atoms with Crippen LogP contribution in [0.1, 0.15) is 45.1 Å². The minimum atomic E-state index is 0.324. The van der Waals surface area contributed by atoms with E-state index in [-0.39, 0.29) is 0 Å².